The van der Waals surface area contributed by atoms with Crippen molar-refractivity contribution in [3.05, 3.63) is 53.2 Å². The molecule has 0 aromatic heterocycles. The molecule has 0 fully saturated rings. The standard InChI is InChI=1S/C10H10N.C2H6.Rb/c1-8-9-4-2-3-5-10(8)11-7-6-9;1-2;/h2-8H,1H3;1-2H3;/q-1;;+1. The van der Waals surface area contributed by atoms with Gasteiger partial charge in [0.25, 0.3) is 0 Å². The molecular formula is C12H16NRb. The van der Waals surface area contributed by atoms with Gasteiger partial charge in [0.2, 0.25) is 0 Å². The van der Waals surface area contributed by atoms with E-state index in [1.807, 2.05) is 26.1 Å². The molecule has 1 unspecified atom stereocenters. The summed E-state index contributed by atoms with van der Waals surface area (Å²) < 4.78 is 0. The molecule has 1 nitrogen and oxygen atoms in total. The number of hydrogen-bond acceptors (Lipinski definition) is 0. The van der Waals surface area contributed by atoms with Crippen molar-refractivity contribution in [1.29, 1.82) is 0 Å². The largest absolute Gasteiger partial charge is 1.00 e. The Bertz CT molecular complexity index is 285. The second kappa shape index (κ2) is 7.80. The van der Waals surface area contributed by atoms with Crippen molar-refractivity contribution in [3.63, 3.8) is 0 Å². The van der Waals surface area contributed by atoms with Gasteiger partial charge in [-0.2, -0.15) is 11.9 Å². The van der Waals surface area contributed by atoms with E-state index in [1.54, 1.807) is 0 Å². The summed E-state index contributed by atoms with van der Waals surface area (Å²) >= 11 is 0. The van der Waals surface area contributed by atoms with Crippen LogP contribution in [0, 0.1) is 5.92 Å². The third-order valence-electron chi connectivity index (χ3n) is 2.10. The summed E-state index contributed by atoms with van der Waals surface area (Å²) in [5, 5.41) is 4.28. The van der Waals surface area contributed by atoms with E-state index in [0.29, 0.717) is 5.92 Å². The molecule has 0 spiro atoms. The zero-order chi connectivity index (χ0) is 9.68. The van der Waals surface area contributed by atoms with Crippen LogP contribution in [0.5, 0.6) is 0 Å². The molecule has 2 aliphatic rings. The van der Waals surface area contributed by atoms with Crippen LogP contribution >= 0.6 is 0 Å². The molecule has 1 aliphatic carbocycles. The zero-order valence-electron chi connectivity index (χ0n) is 9.49. The average Bonchev–Trinajstić information content (AvgIpc) is 2.30. The van der Waals surface area contributed by atoms with Gasteiger partial charge < -0.3 is 5.32 Å². The van der Waals surface area contributed by atoms with Gasteiger partial charge in [-0.05, 0) is 11.5 Å². The number of allylic oxidation sites excluding steroid dienone is 6. The fourth-order valence-electron chi connectivity index (χ4n) is 1.34. The minimum atomic E-state index is 0. The molecule has 0 amide bonds. The maximum Gasteiger partial charge on any atom is 1.00 e. The van der Waals surface area contributed by atoms with E-state index < -0.39 is 0 Å². The van der Waals surface area contributed by atoms with Gasteiger partial charge in [0.1, 0.15) is 0 Å². The van der Waals surface area contributed by atoms with Gasteiger partial charge in [0, 0.05) is 0 Å². The molecule has 0 aromatic carbocycles. The van der Waals surface area contributed by atoms with Gasteiger partial charge in [-0.1, -0.05) is 51.2 Å². The number of rotatable bonds is 0. The Morgan fingerprint density at radius 2 is 1.79 bits per heavy atom. The van der Waals surface area contributed by atoms with Crippen molar-refractivity contribution in [2.24, 2.45) is 5.92 Å². The van der Waals surface area contributed by atoms with Crippen LogP contribution in [-0.4, -0.2) is 0 Å². The van der Waals surface area contributed by atoms with Gasteiger partial charge in [-0.3, -0.25) is 0 Å². The second-order valence-electron chi connectivity index (χ2n) is 2.81. The molecule has 2 rings (SSSR count). The average molecular weight is 260 g/mol. The molecule has 1 aliphatic heterocycles. The Balaban J connectivity index is 0.000000531. The van der Waals surface area contributed by atoms with Crippen LogP contribution in [-0.2, 0) is 0 Å². The molecule has 0 radical (unpaired) electrons. The van der Waals surface area contributed by atoms with Crippen LogP contribution in [0.3, 0.4) is 0 Å². The van der Waals surface area contributed by atoms with Gasteiger partial charge in [0.15, 0.2) is 0 Å². The zero-order valence-corrected chi connectivity index (χ0v) is 14.4. The summed E-state index contributed by atoms with van der Waals surface area (Å²) in [7, 11) is 0. The van der Waals surface area contributed by atoms with Crippen LogP contribution in [0.4, 0.5) is 0 Å². The van der Waals surface area contributed by atoms with Crippen molar-refractivity contribution in [2.45, 2.75) is 20.8 Å². The van der Waals surface area contributed by atoms with E-state index in [0.717, 1.165) is 5.70 Å². The van der Waals surface area contributed by atoms with Crippen LogP contribution in [0.1, 0.15) is 20.8 Å². The first kappa shape index (κ1) is 14.6. The Labute approximate surface area is 136 Å². The fraction of sp³-hybridized carbons (Fsp3) is 0.333. The van der Waals surface area contributed by atoms with Crippen molar-refractivity contribution >= 4 is 0 Å². The van der Waals surface area contributed by atoms with E-state index in [-0.39, 0.29) is 58.2 Å². The van der Waals surface area contributed by atoms with Crippen molar-refractivity contribution < 1.29 is 58.2 Å². The monoisotopic (exact) mass is 259 g/mol. The summed E-state index contributed by atoms with van der Waals surface area (Å²) in [4.78, 5) is 0. The first-order valence-corrected chi connectivity index (χ1v) is 4.84. The van der Waals surface area contributed by atoms with Crippen molar-refractivity contribution in [1.82, 2.24) is 0 Å². The molecular weight excluding hydrogens is 244 g/mol. The number of hydrogen-bond donors (Lipinski definition) is 0. The summed E-state index contributed by atoms with van der Waals surface area (Å²) in [6.45, 7) is 6.18. The molecule has 1 heterocycles. The van der Waals surface area contributed by atoms with Crippen LogP contribution < -0.4 is 58.2 Å². The van der Waals surface area contributed by atoms with E-state index in [4.69, 9.17) is 0 Å². The Morgan fingerprint density at radius 3 is 2.50 bits per heavy atom. The molecule has 0 N–H and O–H groups in total. The Morgan fingerprint density at radius 1 is 1.14 bits per heavy atom. The Kier molecular flexibility index (Phi) is 8.12. The predicted molar refractivity (Wildman–Crippen MR) is 58.3 cm³/mol. The molecule has 14 heavy (non-hydrogen) atoms. The first-order valence-electron chi connectivity index (χ1n) is 4.84. The van der Waals surface area contributed by atoms with Crippen LogP contribution in [0.25, 0.3) is 5.32 Å². The maximum atomic E-state index is 4.28. The first-order chi connectivity index (χ1) is 6.38. The molecule has 0 saturated heterocycles. The van der Waals surface area contributed by atoms with Gasteiger partial charge >= 0.3 is 58.2 Å². The third-order valence-corrected chi connectivity index (χ3v) is 2.10. The SMILES string of the molecule is CC.CC1C2=CC=CC=C1[N-]C=C2.[Rb+]. The van der Waals surface area contributed by atoms with Gasteiger partial charge in [0.05, 0.1) is 0 Å². The predicted octanol–water partition coefficient (Wildman–Crippen LogP) is 0.934. The summed E-state index contributed by atoms with van der Waals surface area (Å²) in [6.07, 6.45) is 12.2. The minimum absolute atomic E-state index is 0. The van der Waals surface area contributed by atoms with E-state index in [2.05, 4.69) is 36.5 Å². The number of nitrogens with zero attached hydrogens (tertiary/aromatic N) is 1. The van der Waals surface area contributed by atoms with Crippen molar-refractivity contribution in [3.8, 4) is 0 Å². The maximum absolute atomic E-state index is 4.28. The van der Waals surface area contributed by atoms with Gasteiger partial charge in [-0.15, -0.1) is 0 Å². The molecule has 1 atom stereocenters. The third kappa shape index (κ3) is 3.61. The van der Waals surface area contributed by atoms with Crippen molar-refractivity contribution in [2.75, 3.05) is 0 Å². The van der Waals surface area contributed by atoms with E-state index in [9.17, 15) is 0 Å². The van der Waals surface area contributed by atoms with Crippen LogP contribution in [0.2, 0.25) is 0 Å². The molecule has 2 bridgehead atoms. The quantitative estimate of drug-likeness (QED) is 0.615. The smallest absolute Gasteiger partial charge is 0.667 e. The van der Waals surface area contributed by atoms with E-state index >= 15 is 0 Å². The summed E-state index contributed by atoms with van der Waals surface area (Å²) in [5.41, 5.74) is 2.51. The molecule has 2 heteroatoms. The molecule has 0 saturated carbocycles. The second-order valence-corrected chi connectivity index (χ2v) is 2.81. The summed E-state index contributed by atoms with van der Waals surface area (Å²) in [5.74, 6) is 0.468. The summed E-state index contributed by atoms with van der Waals surface area (Å²) in [6, 6.07) is 0. The Hall–Kier alpha value is 0.565. The number of fused-ring (bicyclic) bond motifs is 2. The van der Waals surface area contributed by atoms with Crippen LogP contribution in [0.15, 0.2) is 47.9 Å². The minimum Gasteiger partial charge on any atom is -0.667 e. The van der Waals surface area contributed by atoms with E-state index in [1.165, 1.54) is 5.57 Å². The molecule has 0 aromatic rings. The van der Waals surface area contributed by atoms with Gasteiger partial charge in [-0.25, -0.2) is 0 Å². The molecule has 70 valence electrons. The fourth-order valence-corrected chi connectivity index (χ4v) is 1.34. The normalized spacial score (nSPS) is 21.5. The topological polar surface area (TPSA) is 14.1 Å².